The molecule has 0 fully saturated rings. The van der Waals surface area contributed by atoms with Crippen LogP contribution in [0, 0.1) is 0 Å². The van der Waals surface area contributed by atoms with E-state index in [0.29, 0.717) is 5.82 Å². The van der Waals surface area contributed by atoms with E-state index in [2.05, 4.69) is 4.98 Å². The number of benzene rings is 1. The van der Waals surface area contributed by atoms with Crippen molar-refractivity contribution in [1.82, 2.24) is 4.98 Å². The van der Waals surface area contributed by atoms with Gasteiger partial charge in [0.15, 0.2) is 0 Å². The second kappa shape index (κ2) is 3.38. The van der Waals surface area contributed by atoms with Crippen LogP contribution >= 0.6 is 0 Å². The minimum atomic E-state index is 0.539. The average molecular weight is 185 g/mol. The standard InChI is InChI=1S/C11H11N3/c12-9-5-3-8(4-6-9)10-2-1-7-14-11(10)13/h1-7H,12H2,(H2,13,14). The summed E-state index contributed by atoms with van der Waals surface area (Å²) in [6, 6.07) is 11.4. The molecule has 0 radical (unpaired) electrons. The van der Waals surface area contributed by atoms with E-state index in [1.807, 2.05) is 36.4 Å². The zero-order chi connectivity index (χ0) is 9.97. The van der Waals surface area contributed by atoms with Crippen molar-refractivity contribution in [3.8, 4) is 11.1 Å². The Morgan fingerprint density at radius 1 is 0.929 bits per heavy atom. The lowest BCUT2D eigenvalue weighted by Crippen LogP contribution is -1.93. The predicted molar refractivity (Wildman–Crippen MR) is 58.5 cm³/mol. The fourth-order valence-electron chi connectivity index (χ4n) is 1.32. The summed E-state index contributed by atoms with van der Waals surface area (Å²) < 4.78 is 0. The van der Waals surface area contributed by atoms with Crippen molar-refractivity contribution < 1.29 is 0 Å². The Morgan fingerprint density at radius 2 is 1.64 bits per heavy atom. The van der Waals surface area contributed by atoms with E-state index in [1.165, 1.54) is 0 Å². The van der Waals surface area contributed by atoms with E-state index >= 15 is 0 Å². The van der Waals surface area contributed by atoms with Crippen LogP contribution < -0.4 is 11.5 Å². The molecule has 2 aromatic rings. The zero-order valence-corrected chi connectivity index (χ0v) is 7.64. The molecule has 1 aromatic carbocycles. The van der Waals surface area contributed by atoms with Crippen LogP contribution in [-0.2, 0) is 0 Å². The van der Waals surface area contributed by atoms with Crippen molar-refractivity contribution in [2.75, 3.05) is 11.5 Å². The number of hydrogen-bond donors (Lipinski definition) is 2. The monoisotopic (exact) mass is 185 g/mol. The molecule has 0 saturated heterocycles. The minimum Gasteiger partial charge on any atom is -0.399 e. The molecule has 0 bridgehead atoms. The maximum Gasteiger partial charge on any atom is 0.131 e. The fraction of sp³-hybridized carbons (Fsp3) is 0. The van der Waals surface area contributed by atoms with Gasteiger partial charge >= 0.3 is 0 Å². The average Bonchev–Trinajstić information content (AvgIpc) is 2.20. The van der Waals surface area contributed by atoms with Crippen LogP contribution in [0.4, 0.5) is 11.5 Å². The number of aromatic nitrogens is 1. The molecule has 0 spiro atoms. The van der Waals surface area contributed by atoms with E-state index < -0.39 is 0 Å². The molecule has 0 aliphatic heterocycles. The number of nitrogens with two attached hydrogens (primary N) is 2. The number of pyridine rings is 1. The second-order valence-electron chi connectivity index (χ2n) is 3.06. The summed E-state index contributed by atoms with van der Waals surface area (Å²) in [7, 11) is 0. The third-order valence-corrected chi connectivity index (χ3v) is 2.06. The molecule has 0 aliphatic carbocycles. The van der Waals surface area contributed by atoms with Gasteiger partial charge < -0.3 is 11.5 Å². The van der Waals surface area contributed by atoms with Gasteiger partial charge in [-0.05, 0) is 29.8 Å². The van der Waals surface area contributed by atoms with Gasteiger partial charge in [-0.2, -0.15) is 0 Å². The molecule has 4 N–H and O–H groups in total. The highest BCUT2D eigenvalue weighted by molar-refractivity contribution is 5.74. The highest BCUT2D eigenvalue weighted by Crippen LogP contribution is 2.24. The van der Waals surface area contributed by atoms with Crippen LogP contribution in [0.1, 0.15) is 0 Å². The summed E-state index contributed by atoms with van der Waals surface area (Å²) in [6.07, 6.45) is 1.68. The van der Waals surface area contributed by atoms with E-state index in [9.17, 15) is 0 Å². The van der Waals surface area contributed by atoms with Crippen LogP contribution in [0.3, 0.4) is 0 Å². The summed E-state index contributed by atoms with van der Waals surface area (Å²) in [5.74, 6) is 0.539. The van der Waals surface area contributed by atoms with Crippen molar-refractivity contribution in [3.05, 3.63) is 42.6 Å². The zero-order valence-electron chi connectivity index (χ0n) is 7.64. The molecule has 0 saturated carbocycles. The molecule has 1 aromatic heterocycles. The predicted octanol–water partition coefficient (Wildman–Crippen LogP) is 1.91. The molecule has 0 aliphatic rings. The molecular weight excluding hydrogens is 174 g/mol. The third-order valence-electron chi connectivity index (χ3n) is 2.06. The highest BCUT2D eigenvalue weighted by Gasteiger charge is 2.01. The van der Waals surface area contributed by atoms with Crippen molar-refractivity contribution in [3.63, 3.8) is 0 Å². The van der Waals surface area contributed by atoms with E-state index in [1.54, 1.807) is 6.20 Å². The third kappa shape index (κ3) is 1.52. The van der Waals surface area contributed by atoms with Crippen molar-refractivity contribution in [2.24, 2.45) is 0 Å². The lowest BCUT2D eigenvalue weighted by molar-refractivity contribution is 1.34. The van der Waals surface area contributed by atoms with Crippen molar-refractivity contribution in [2.45, 2.75) is 0 Å². The largest absolute Gasteiger partial charge is 0.399 e. The lowest BCUT2D eigenvalue weighted by Gasteiger charge is -2.04. The molecular formula is C11H11N3. The normalized spacial score (nSPS) is 10.0. The van der Waals surface area contributed by atoms with Gasteiger partial charge in [0, 0.05) is 17.4 Å². The Kier molecular flexibility index (Phi) is 2.07. The SMILES string of the molecule is Nc1ccc(-c2cccnc2N)cc1. The first-order valence-corrected chi connectivity index (χ1v) is 4.34. The second-order valence-corrected chi connectivity index (χ2v) is 3.06. The smallest absolute Gasteiger partial charge is 0.131 e. The molecule has 2 rings (SSSR count). The Hall–Kier alpha value is -2.03. The molecule has 0 unspecified atom stereocenters. The topological polar surface area (TPSA) is 64.9 Å². The quantitative estimate of drug-likeness (QED) is 0.667. The number of hydrogen-bond acceptors (Lipinski definition) is 3. The molecule has 3 nitrogen and oxygen atoms in total. The maximum atomic E-state index is 5.75. The summed E-state index contributed by atoms with van der Waals surface area (Å²) in [5, 5.41) is 0. The first-order chi connectivity index (χ1) is 6.77. The number of nitrogen functional groups attached to an aromatic ring is 2. The molecule has 14 heavy (non-hydrogen) atoms. The van der Waals surface area contributed by atoms with Gasteiger partial charge in [-0.3, -0.25) is 0 Å². The highest BCUT2D eigenvalue weighted by atomic mass is 14.8. The lowest BCUT2D eigenvalue weighted by atomic mass is 10.1. The Balaban J connectivity index is 2.50. The van der Waals surface area contributed by atoms with Crippen molar-refractivity contribution in [1.29, 1.82) is 0 Å². The summed E-state index contributed by atoms with van der Waals surface area (Å²) >= 11 is 0. The van der Waals surface area contributed by atoms with Gasteiger partial charge in [0.05, 0.1) is 0 Å². The van der Waals surface area contributed by atoms with E-state index in [4.69, 9.17) is 11.5 Å². The van der Waals surface area contributed by atoms with E-state index in [0.717, 1.165) is 16.8 Å². The van der Waals surface area contributed by atoms with Crippen molar-refractivity contribution >= 4 is 11.5 Å². The van der Waals surface area contributed by atoms with Gasteiger partial charge in [-0.1, -0.05) is 12.1 Å². The van der Waals surface area contributed by atoms with Gasteiger partial charge in [0.1, 0.15) is 5.82 Å². The summed E-state index contributed by atoms with van der Waals surface area (Å²) in [4.78, 5) is 4.02. The molecule has 70 valence electrons. The van der Waals surface area contributed by atoms with Gasteiger partial charge in [0.2, 0.25) is 0 Å². The first kappa shape index (κ1) is 8.56. The minimum absolute atomic E-state index is 0.539. The Bertz CT molecular complexity index is 435. The van der Waals surface area contributed by atoms with E-state index in [-0.39, 0.29) is 0 Å². The van der Waals surface area contributed by atoms with Crippen LogP contribution in [0.25, 0.3) is 11.1 Å². The van der Waals surface area contributed by atoms with Crippen LogP contribution in [-0.4, -0.2) is 4.98 Å². The number of nitrogens with zero attached hydrogens (tertiary/aromatic N) is 1. The maximum absolute atomic E-state index is 5.75. The molecule has 1 heterocycles. The van der Waals surface area contributed by atoms with Gasteiger partial charge in [-0.15, -0.1) is 0 Å². The van der Waals surface area contributed by atoms with Crippen LogP contribution in [0.2, 0.25) is 0 Å². The van der Waals surface area contributed by atoms with Gasteiger partial charge in [0.25, 0.3) is 0 Å². The summed E-state index contributed by atoms with van der Waals surface area (Å²) in [6.45, 7) is 0. The molecule has 3 heteroatoms. The molecule has 0 atom stereocenters. The molecule has 0 amide bonds. The summed E-state index contributed by atoms with van der Waals surface area (Å²) in [5.41, 5.74) is 14.1. The number of rotatable bonds is 1. The number of anilines is 2. The van der Waals surface area contributed by atoms with Gasteiger partial charge in [-0.25, -0.2) is 4.98 Å². The fourth-order valence-corrected chi connectivity index (χ4v) is 1.32. The Morgan fingerprint density at radius 3 is 2.29 bits per heavy atom. The Labute approximate surface area is 82.4 Å². The first-order valence-electron chi connectivity index (χ1n) is 4.34. The van der Waals surface area contributed by atoms with Crippen LogP contribution in [0.15, 0.2) is 42.6 Å². The van der Waals surface area contributed by atoms with Crippen LogP contribution in [0.5, 0.6) is 0 Å².